The molecule has 1 aromatic heterocycles. The fraction of sp³-hybridized carbons (Fsp3) is 0.600. The van der Waals surface area contributed by atoms with E-state index in [1.165, 1.54) is 29.4 Å². The molecule has 0 aromatic carbocycles. The van der Waals surface area contributed by atoms with E-state index in [1.807, 2.05) is 0 Å². The molecule has 3 rings (SSSR count). The highest BCUT2D eigenvalue weighted by atomic mass is 79.9. The summed E-state index contributed by atoms with van der Waals surface area (Å²) in [5, 5.41) is 3.57. The van der Waals surface area contributed by atoms with Crippen LogP contribution in [0.25, 0.3) is 0 Å². The lowest BCUT2D eigenvalue weighted by atomic mass is 9.93. The third-order valence-corrected chi connectivity index (χ3v) is 4.38. The highest BCUT2D eigenvalue weighted by molar-refractivity contribution is 9.10. The maximum atomic E-state index is 3.67. The van der Waals surface area contributed by atoms with E-state index in [9.17, 15) is 0 Å². The molecule has 70 valence electrons. The van der Waals surface area contributed by atoms with Crippen LogP contribution in [-0.4, -0.2) is 4.57 Å². The molecule has 0 bridgehead atoms. The van der Waals surface area contributed by atoms with Crippen molar-refractivity contribution in [3.8, 4) is 0 Å². The van der Waals surface area contributed by atoms with Crippen molar-refractivity contribution in [2.45, 2.75) is 31.8 Å². The summed E-state index contributed by atoms with van der Waals surface area (Å²) < 4.78 is 3.60. The van der Waals surface area contributed by atoms with Gasteiger partial charge in [0.25, 0.3) is 0 Å². The number of aromatic nitrogens is 1. The molecule has 1 atom stereocenters. The van der Waals surface area contributed by atoms with Crippen LogP contribution in [-0.2, 0) is 20.0 Å². The minimum absolute atomic E-state index is 0.649. The molecule has 3 heteroatoms. The standard InChI is InChI=1S/C10H13BrN2/c1-13-8-4-2-3-7-9(8)6(5-12-7)10(13)11/h7,12H,2-5H2,1H3. The van der Waals surface area contributed by atoms with Gasteiger partial charge in [-0.2, -0.15) is 0 Å². The van der Waals surface area contributed by atoms with Crippen LogP contribution in [0.15, 0.2) is 4.60 Å². The quantitative estimate of drug-likeness (QED) is 0.737. The van der Waals surface area contributed by atoms with E-state index in [1.54, 1.807) is 11.3 Å². The number of rotatable bonds is 0. The third-order valence-electron chi connectivity index (χ3n) is 3.36. The molecule has 1 unspecified atom stereocenters. The molecular weight excluding hydrogens is 228 g/mol. The zero-order valence-electron chi connectivity index (χ0n) is 7.73. The molecular formula is C10H13BrN2. The molecule has 2 nitrogen and oxygen atoms in total. The van der Waals surface area contributed by atoms with Crippen LogP contribution in [0.2, 0.25) is 0 Å². The van der Waals surface area contributed by atoms with Crippen molar-refractivity contribution in [1.82, 2.24) is 9.88 Å². The highest BCUT2D eigenvalue weighted by Crippen LogP contribution is 2.41. The van der Waals surface area contributed by atoms with Crippen molar-refractivity contribution in [2.24, 2.45) is 7.05 Å². The predicted molar refractivity (Wildman–Crippen MR) is 55.6 cm³/mol. The Morgan fingerprint density at radius 3 is 3.23 bits per heavy atom. The maximum absolute atomic E-state index is 3.67. The molecule has 0 saturated heterocycles. The van der Waals surface area contributed by atoms with Gasteiger partial charge in [0.15, 0.2) is 0 Å². The van der Waals surface area contributed by atoms with Crippen LogP contribution < -0.4 is 5.32 Å². The fourth-order valence-electron chi connectivity index (χ4n) is 2.72. The van der Waals surface area contributed by atoms with Crippen LogP contribution in [0, 0.1) is 0 Å². The summed E-state index contributed by atoms with van der Waals surface area (Å²) >= 11 is 3.67. The Balaban J connectivity index is 2.28. The topological polar surface area (TPSA) is 17.0 Å². The average molecular weight is 241 g/mol. The first kappa shape index (κ1) is 8.06. The van der Waals surface area contributed by atoms with Gasteiger partial charge in [-0.3, -0.25) is 0 Å². The number of hydrogen-bond donors (Lipinski definition) is 1. The smallest absolute Gasteiger partial charge is 0.0895 e. The number of nitrogens with one attached hydrogen (secondary N) is 1. The Labute approximate surface area is 86.4 Å². The second kappa shape index (κ2) is 2.61. The van der Waals surface area contributed by atoms with Gasteiger partial charge in [0.1, 0.15) is 0 Å². The van der Waals surface area contributed by atoms with Crippen LogP contribution in [0.1, 0.15) is 35.7 Å². The Morgan fingerprint density at radius 1 is 1.54 bits per heavy atom. The first-order valence-corrected chi connectivity index (χ1v) is 5.67. The van der Waals surface area contributed by atoms with Gasteiger partial charge < -0.3 is 9.88 Å². The van der Waals surface area contributed by atoms with Crippen molar-refractivity contribution in [2.75, 3.05) is 0 Å². The van der Waals surface area contributed by atoms with Crippen molar-refractivity contribution >= 4 is 15.9 Å². The van der Waals surface area contributed by atoms with Gasteiger partial charge in [0.05, 0.1) is 4.60 Å². The van der Waals surface area contributed by atoms with Gasteiger partial charge >= 0.3 is 0 Å². The van der Waals surface area contributed by atoms with Gasteiger partial charge in [0.2, 0.25) is 0 Å². The summed E-state index contributed by atoms with van der Waals surface area (Å²) in [5.74, 6) is 0. The zero-order chi connectivity index (χ0) is 9.00. The lowest BCUT2D eigenvalue weighted by Gasteiger charge is -2.20. The Kier molecular flexibility index (Phi) is 1.62. The number of halogens is 1. The lowest BCUT2D eigenvalue weighted by Crippen LogP contribution is -2.18. The molecule has 0 saturated carbocycles. The van der Waals surface area contributed by atoms with Crippen molar-refractivity contribution < 1.29 is 0 Å². The van der Waals surface area contributed by atoms with Crippen LogP contribution >= 0.6 is 15.9 Å². The summed E-state index contributed by atoms with van der Waals surface area (Å²) in [5.41, 5.74) is 4.64. The van der Waals surface area contributed by atoms with Crippen LogP contribution in [0.4, 0.5) is 0 Å². The zero-order valence-corrected chi connectivity index (χ0v) is 9.32. The molecule has 0 fully saturated rings. The van der Waals surface area contributed by atoms with Gasteiger partial charge in [-0.05, 0) is 40.8 Å². The van der Waals surface area contributed by atoms with Crippen molar-refractivity contribution in [3.05, 3.63) is 21.4 Å². The minimum atomic E-state index is 0.649. The first-order chi connectivity index (χ1) is 6.29. The SMILES string of the molecule is Cn1c(Br)c2c3c1CCCC3NC2. The monoisotopic (exact) mass is 240 g/mol. The lowest BCUT2D eigenvalue weighted by molar-refractivity contribution is 0.482. The van der Waals surface area contributed by atoms with E-state index in [2.05, 4.69) is 32.9 Å². The third kappa shape index (κ3) is 0.919. The van der Waals surface area contributed by atoms with Gasteiger partial charge in [-0.15, -0.1) is 0 Å². The maximum Gasteiger partial charge on any atom is 0.0895 e. The van der Waals surface area contributed by atoms with E-state index >= 15 is 0 Å². The molecule has 2 aliphatic rings. The largest absolute Gasteiger partial charge is 0.342 e. The molecule has 0 amide bonds. The van der Waals surface area contributed by atoms with Crippen molar-refractivity contribution in [3.63, 3.8) is 0 Å². The van der Waals surface area contributed by atoms with E-state index in [0.29, 0.717) is 6.04 Å². The molecule has 1 aliphatic heterocycles. The molecule has 1 aromatic rings. The van der Waals surface area contributed by atoms with E-state index < -0.39 is 0 Å². The summed E-state index contributed by atoms with van der Waals surface area (Å²) in [6.45, 7) is 1.05. The Hall–Kier alpha value is -0.280. The van der Waals surface area contributed by atoms with Crippen LogP contribution in [0.5, 0.6) is 0 Å². The second-order valence-electron chi connectivity index (χ2n) is 4.01. The highest BCUT2D eigenvalue weighted by Gasteiger charge is 2.32. The first-order valence-electron chi connectivity index (χ1n) is 4.88. The average Bonchev–Trinajstić information content (AvgIpc) is 2.67. The molecule has 0 radical (unpaired) electrons. The van der Waals surface area contributed by atoms with E-state index in [0.717, 1.165) is 6.54 Å². The Bertz CT molecular complexity index is 364. The van der Waals surface area contributed by atoms with Crippen LogP contribution in [0.3, 0.4) is 0 Å². The second-order valence-corrected chi connectivity index (χ2v) is 4.77. The fourth-order valence-corrected chi connectivity index (χ4v) is 3.28. The molecule has 1 aliphatic carbocycles. The summed E-state index contributed by atoms with van der Waals surface area (Å²) in [6, 6.07) is 0.649. The molecule has 0 spiro atoms. The van der Waals surface area contributed by atoms with Gasteiger partial charge in [-0.25, -0.2) is 0 Å². The van der Waals surface area contributed by atoms with E-state index in [4.69, 9.17) is 0 Å². The van der Waals surface area contributed by atoms with Crippen molar-refractivity contribution in [1.29, 1.82) is 0 Å². The molecule has 13 heavy (non-hydrogen) atoms. The number of nitrogens with zero attached hydrogens (tertiary/aromatic N) is 1. The molecule has 2 heterocycles. The molecule has 1 N–H and O–H groups in total. The minimum Gasteiger partial charge on any atom is -0.342 e. The summed E-state index contributed by atoms with van der Waals surface area (Å²) in [4.78, 5) is 0. The number of hydrogen-bond acceptors (Lipinski definition) is 1. The summed E-state index contributed by atoms with van der Waals surface area (Å²) in [7, 11) is 2.17. The normalized spacial score (nSPS) is 24.9. The predicted octanol–water partition coefficient (Wildman–Crippen LogP) is 2.27. The Morgan fingerprint density at radius 2 is 2.38 bits per heavy atom. The summed E-state index contributed by atoms with van der Waals surface area (Å²) in [6.07, 6.45) is 3.90. The van der Waals surface area contributed by atoms with E-state index in [-0.39, 0.29) is 0 Å². The van der Waals surface area contributed by atoms with Gasteiger partial charge in [-0.1, -0.05) is 0 Å². The van der Waals surface area contributed by atoms with Gasteiger partial charge in [0, 0.05) is 30.9 Å².